The van der Waals surface area contributed by atoms with E-state index in [0.29, 0.717) is 21.6 Å². The number of hydrogen-bond acceptors (Lipinski definition) is 8. The summed E-state index contributed by atoms with van der Waals surface area (Å²) < 4.78 is 5.78. The zero-order valence-electron chi connectivity index (χ0n) is 17.8. The molecule has 10 heteroatoms. The lowest BCUT2D eigenvalue weighted by molar-refractivity contribution is -0.172. The number of fused-ring (bicyclic) bond motifs is 2. The van der Waals surface area contributed by atoms with Crippen LogP contribution in [0.3, 0.4) is 0 Å². The monoisotopic (exact) mass is 473 g/mol. The maximum Gasteiger partial charge on any atom is 0.363 e. The fourth-order valence-electron chi connectivity index (χ4n) is 4.01. The minimum Gasteiger partial charge on any atom is -0.508 e. The topological polar surface area (TPSA) is 151 Å². The summed E-state index contributed by atoms with van der Waals surface area (Å²) in [5, 5.41) is 20.7. The largest absolute Gasteiger partial charge is 0.508 e. The Balaban J connectivity index is 1.68. The normalized spacial score (nSPS) is 13.5. The maximum absolute atomic E-state index is 12.6. The van der Waals surface area contributed by atoms with Crippen molar-refractivity contribution >= 4 is 34.7 Å². The van der Waals surface area contributed by atoms with Crippen LogP contribution in [0.4, 0.5) is 0 Å². The molecule has 2 amide bonds. The molecule has 3 aliphatic rings. The number of carbonyl (C=O) groups excluding carboxylic acids is 3. The first-order chi connectivity index (χ1) is 16.7. The molecular weight excluding hydrogens is 458 g/mol. The molecule has 1 saturated heterocycles. The number of hydroxylamine groups is 2. The first kappa shape index (κ1) is 21.8. The van der Waals surface area contributed by atoms with Gasteiger partial charge in [0.25, 0.3) is 11.8 Å². The van der Waals surface area contributed by atoms with Crippen LogP contribution in [0, 0.1) is 0 Å². The van der Waals surface area contributed by atoms with Crippen molar-refractivity contribution in [3.8, 4) is 28.2 Å². The lowest BCUT2D eigenvalue weighted by Crippen LogP contribution is -2.32. The van der Waals surface area contributed by atoms with Gasteiger partial charge in [-0.2, -0.15) is 0 Å². The minimum atomic E-state index is -1.36. The van der Waals surface area contributed by atoms with Crippen molar-refractivity contribution in [3.63, 3.8) is 0 Å². The van der Waals surface area contributed by atoms with Crippen molar-refractivity contribution in [1.82, 2.24) is 5.06 Å². The van der Waals surface area contributed by atoms with Gasteiger partial charge >= 0.3 is 11.9 Å². The summed E-state index contributed by atoms with van der Waals surface area (Å²) in [6.45, 7) is 0. The number of benzene rings is 3. The van der Waals surface area contributed by atoms with Crippen LogP contribution in [0.5, 0.6) is 5.75 Å². The molecule has 5 rings (SSSR count). The SMILES string of the molecule is O=C(ON1C(=O)CCC1=O)c1ccc(-c2c3ccc(=O)cc-3oc3cc(O)ccc23)c(C(=O)O)c1. The third kappa shape index (κ3) is 3.76. The number of imide groups is 1. The number of aromatic carboxylic acids is 1. The average molecular weight is 473 g/mol. The van der Waals surface area contributed by atoms with Gasteiger partial charge in [-0.25, -0.2) is 9.59 Å². The zero-order valence-corrected chi connectivity index (χ0v) is 17.8. The van der Waals surface area contributed by atoms with Crippen LogP contribution in [0.15, 0.2) is 63.8 Å². The molecule has 0 aromatic heterocycles. The number of carboxylic acid groups (broad SMARTS) is 1. The second-order valence-electron chi connectivity index (χ2n) is 7.84. The van der Waals surface area contributed by atoms with Gasteiger partial charge in [-0.15, -0.1) is 5.06 Å². The number of phenolic OH excluding ortho intramolecular Hbond substituents is 1. The van der Waals surface area contributed by atoms with Gasteiger partial charge in [-0.1, -0.05) is 6.07 Å². The molecule has 1 aliphatic carbocycles. The van der Waals surface area contributed by atoms with Crippen LogP contribution in [0.1, 0.15) is 33.6 Å². The molecule has 2 heterocycles. The predicted molar refractivity (Wildman–Crippen MR) is 120 cm³/mol. The number of hydrogen-bond donors (Lipinski definition) is 2. The Labute approximate surface area is 195 Å². The van der Waals surface area contributed by atoms with Crippen LogP contribution in [-0.2, 0) is 14.4 Å². The Morgan fingerprint density at radius 1 is 0.886 bits per heavy atom. The molecule has 2 aliphatic heterocycles. The standard InChI is InChI=1S/C25H15NO9/c27-13-2-5-16-19(10-13)34-20-11-14(28)3-6-17(20)23(16)15-4-1-12(9-18(15)24(31)32)25(33)35-26-21(29)7-8-22(26)30/h1-6,9-11,27H,7-8H2,(H,31,32). The molecule has 1 fully saturated rings. The van der Waals surface area contributed by atoms with Gasteiger partial charge in [0.2, 0.25) is 0 Å². The molecule has 0 radical (unpaired) electrons. The van der Waals surface area contributed by atoms with Gasteiger partial charge in [0.1, 0.15) is 17.1 Å². The Bertz CT molecular complexity index is 1580. The quantitative estimate of drug-likeness (QED) is 0.336. The molecule has 2 N–H and O–H groups in total. The van der Waals surface area contributed by atoms with Gasteiger partial charge in [0.15, 0.2) is 5.43 Å². The van der Waals surface area contributed by atoms with Crippen LogP contribution < -0.4 is 5.43 Å². The van der Waals surface area contributed by atoms with Crippen molar-refractivity contribution in [2.24, 2.45) is 0 Å². The second-order valence-corrected chi connectivity index (χ2v) is 7.84. The van der Waals surface area contributed by atoms with E-state index in [2.05, 4.69) is 0 Å². The van der Waals surface area contributed by atoms with Crippen LogP contribution in [-0.4, -0.2) is 39.0 Å². The summed E-state index contributed by atoms with van der Waals surface area (Å²) in [6, 6.07) is 12.1. The van der Waals surface area contributed by atoms with E-state index >= 15 is 0 Å². The maximum atomic E-state index is 12.6. The molecule has 0 saturated carbocycles. The molecule has 0 unspecified atom stereocenters. The summed E-state index contributed by atoms with van der Waals surface area (Å²) in [6.07, 6.45) is -0.156. The summed E-state index contributed by atoms with van der Waals surface area (Å²) >= 11 is 0. The molecule has 174 valence electrons. The van der Waals surface area contributed by atoms with Crippen LogP contribution in [0.2, 0.25) is 0 Å². The van der Waals surface area contributed by atoms with E-state index in [1.54, 1.807) is 6.07 Å². The van der Waals surface area contributed by atoms with Crippen LogP contribution in [0.25, 0.3) is 33.4 Å². The van der Waals surface area contributed by atoms with E-state index < -0.39 is 23.8 Å². The highest BCUT2D eigenvalue weighted by Gasteiger charge is 2.33. The number of nitrogens with zero attached hydrogens (tertiary/aromatic N) is 1. The number of carbonyl (C=O) groups is 4. The van der Waals surface area contributed by atoms with Crippen molar-refractivity contribution in [2.45, 2.75) is 12.8 Å². The number of phenols is 1. The average Bonchev–Trinajstić information content (AvgIpc) is 3.14. The number of amides is 2. The van der Waals surface area contributed by atoms with Crippen molar-refractivity contribution in [2.75, 3.05) is 0 Å². The molecule has 2 aromatic rings. The highest BCUT2D eigenvalue weighted by atomic mass is 16.7. The first-order valence-electron chi connectivity index (χ1n) is 10.4. The Hall–Kier alpha value is -4.99. The van der Waals surface area contributed by atoms with Gasteiger partial charge in [-0.05, 0) is 42.0 Å². The first-order valence-corrected chi connectivity index (χ1v) is 10.4. The van der Waals surface area contributed by atoms with Gasteiger partial charge in [0, 0.05) is 41.5 Å². The molecule has 2 aromatic carbocycles. The van der Waals surface area contributed by atoms with E-state index in [0.717, 1.165) is 6.07 Å². The highest BCUT2D eigenvalue weighted by molar-refractivity contribution is 6.09. The van der Waals surface area contributed by atoms with Crippen molar-refractivity contribution in [3.05, 3.63) is 75.9 Å². The summed E-state index contributed by atoms with van der Waals surface area (Å²) in [7, 11) is 0. The molecule has 35 heavy (non-hydrogen) atoms. The summed E-state index contributed by atoms with van der Waals surface area (Å²) in [5.41, 5.74) is 0.479. The van der Waals surface area contributed by atoms with E-state index in [9.17, 15) is 34.2 Å². The van der Waals surface area contributed by atoms with Crippen LogP contribution >= 0.6 is 0 Å². The Morgan fingerprint density at radius 2 is 1.60 bits per heavy atom. The van der Waals surface area contributed by atoms with Crippen molar-refractivity contribution in [1.29, 1.82) is 0 Å². The fraction of sp³-hybridized carbons (Fsp3) is 0.0800. The van der Waals surface area contributed by atoms with Gasteiger partial charge in [0.05, 0.1) is 11.1 Å². The van der Waals surface area contributed by atoms with Crippen molar-refractivity contribution < 1.29 is 38.6 Å². The second kappa shape index (κ2) is 8.10. The van der Waals surface area contributed by atoms with E-state index in [1.807, 2.05) is 0 Å². The number of carboxylic acids is 1. The molecular formula is C25H15NO9. The summed E-state index contributed by atoms with van der Waals surface area (Å²) in [4.78, 5) is 65.1. The molecule has 0 bridgehead atoms. The smallest absolute Gasteiger partial charge is 0.363 e. The Kier molecular flexibility index (Phi) is 5.05. The Morgan fingerprint density at radius 3 is 2.31 bits per heavy atom. The molecule has 0 atom stereocenters. The minimum absolute atomic E-state index is 0.0781. The molecule has 0 spiro atoms. The number of aromatic hydroxyl groups is 1. The van der Waals surface area contributed by atoms with Gasteiger partial charge in [-0.3, -0.25) is 14.4 Å². The van der Waals surface area contributed by atoms with Gasteiger partial charge < -0.3 is 19.5 Å². The highest BCUT2D eigenvalue weighted by Crippen LogP contribution is 2.42. The third-order valence-corrected chi connectivity index (χ3v) is 5.61. The lowest BCUT2D eigenvalue weighted by atomic mass is 9.90. The molecule has 10 nitrogen and oxygen atoms in total. The van der Waals surface area contributed by atoms with E-state index in [-0.39, 0.29) is 52.1 Å². The lowest BCUT2D eigenvalue weighted by Gasteiger charge is -2.17. The zero-order chi connectivity index (χ0) is 24.9. The summed E-state index contributed by atoms with van der Waals surface area (Å²) in [5.74, 6) is -3.66. The predicted octanol–water partition coefficient (Wildman–Crippen LogP) is 3.19. The van der Waals surface area contributed by atoms with E-state index in [1.165, 1.54) is 42.5 Å². The van der Waals surface area contributed by atoms with E-state index in [4.69, 9.17) is 9.25 Å². The third-order valence-electron chi connectivity index (χ3n) is 5.61. The number of rotatable bonds is 4. The fourth-order valence-corrected chi connectivity index (χ4v) is 4.01.